The predicted molar refractivity (Wildman–Crippen MR) is 66.7 cm³/mol. The molecule has 0 radical (unpaired) electrons. The molecule has 0 atom stereocenters. The van der Waals surface area contributed by atoms with Crippen LogP contribution in [0.4, 0.5) is 0 Å². The largest absolute Gasteiger partial charge is 0.295 e. The third-order valence-corrected chi connectivity index (χ3v) is 3.72. The number of nitrogens with one attached hydrogen (secondary N) is 1. The molecule has 0 unspecified atom stereocenters. The molecule has 1 aromatic heterocycles. The molecule has 90 valence electrons. The number of carbonyl (C=O) groups is 1. The zero-order valence-corrected chi connectivity index (χ0v) is 10.6. The molecule has 1 aromatic carbocycles. The van der Waals surface area contributed by atoms with Gasteiger partial charge in [-0.1, -0.05) is 6.07 Å². The van der Waals surface area contributed by atoms with Gasteiger partial charge in [0.2, 0.25) is 10.0 Å². The molecule has 0 aliphatic carbocycles. The molecule has 0 aliphatic heterocycles. The number of nitrogens with zero attached hydrogens (tertiary/aromatic N) is 1. The van der Waals surface area contributed by atoms with Crippen LogP contribution in [-0.2, 0) is 16.6 Å². The summed E-state index contributed by atoms with van der Waals surface area (Å²) in [5, 5.41) is 0.424. The van der Waals surface area contributed by atoms with Crippen molar-refractivity contribution in [1.82, 2.24) is 9.71 Å². The van der Waals surface area contributed by atoms with E-state index < -0.39 is 10.0 Å². The molecule has 0 aliphatic rings. The van der Waals surface area contributed by atoms with Crippen LogP contribution >= 0.6 is 11.3 Å². The molecule has 2 aromatic rings. The summed E-state index contributed by atoms with van der Waals surface area (Å²) in [7, 11) is -3.19. The van der Waals surface area contributed by atoms with E-state index in [-0.39, 0.29) is 6.54 Å². The van der Waals surface area contributed by atoms with Crippen molar-refractivity contribution in [3.63, 3.8) is 0 Å². The average Bonchev–Trinajstić information content (AvgIpc) is 2.67. The van der Waals surface area contributed by atoms with E-state index in [0.717, 1.165) is 22.0 Å². The van der Waals surface area contributed by atoms with Crippen LogP contribution in [0.25, 0.3) is 10.2 Å². The van der Waals surface area contributed by atoms with E-state index in [1.165, 1.54) is 11.3 Å². The Morgan fingerprint density at radius 2 is 2.24 bits per heavy atom. The van der Waals surface area contributed by atoms with E-state index in [9.17, 15) is 13.2 Å². The second kappa shape index (κ2) is 4.52. The maximum absolute atomic E-state index is 11.0. The third kappa shape index (κ3) is 3.09. The van der Waals surface area contributed by atoms with Crippen LogP contribution in [0.3, 0.4) is 0 Å². The van der Waals surface area contributed by atoms with Crippen LogP contribution in [0.2, 0.25) is 0 Å². The molecule has 1 heterocycles. The Kier molecular flexibility index (Phi) is 3.23. The fraction of sp³-hybridized carbons (Fsp3) is 0.200. The van der Waals surface area contributed by atoms with Gasteiger partial charge in [-0.15, -0.1) is 11.3 Å². The lowest BCUT2D eigenvalue weighted by Crippen LogP contribution is -2.21. The molecular formula is C10H10N2O3S2. The molecule has 5 nitrogen and oxygen atoms in total. The van der Waals surface area contributed by atoms with Crippen LogP contribution in [-0.4, -0.2) is 25.9 Å². The molecule has 0 saturated carbocycles. The van der Waals surface area contributed by atoms with Crippen molar-refractivity contribution in [2.45, 2.75) is 6.54 Å². The zero-order chi connectivity index (χ0) is 12.5. The lowest BCUT2D eigenvalue weighted by molar-refractivity contribution is 0.112. The van der Waals surface area contributed by atoms with E-state index in [0.29, 0.717) is 11.3 Å². The molecule has 1 N–H and O–H groups in total. The molecule has 17 heavy (non-hydrogen) atoms. The number of carbonyl (C=O) groups excluding carboxylic acids is 1. The molecule has 0 saturated heterocycles. The van der Waals surface area contributed by atoms with E-state index in [1.54, 1.807) is 12.1 Å². The van der Waals surface area contributed by atoms with Crippen LogP contribution in [0.15, 0.2) is 18.2 Å². The van der Waals surface area contributed by atoms with Crippen molar-refractivity contribution in [3.05, 3.63) is 28.8 Å². The van der Waals surface area contributed by atoms with Gasteiger partial charge in [0, 0.05) is 6.54 Å². The minimum Gasteiger partial charge on any atom is -0.295 e. The van der Waals surface area contributed by atoms with Gasteiger partial charge in [0.15, 0.2) is 11.3 Å². The molecular weight excluding hydrogens is 260 g/mol. The first-order valence-corrected chi connectivity index (χ1v) is 7.48. The molecule has 0 fully saturated rings. The topological polar surface area (TPSA) is 76.1 Å². The Hall–Kier alpha value is -1.31. The van der Waals surface area contributed by atoms with E-state index >= 15 is 0 Å². The number of hydrogen-bond acceptors (Lipinski definition) is 5. The number of fused-ring (bicyclic) bond motifs is 1. The fourth-order valence-electron chi connectivity index (χ4n) is 1.36. The monoisotopic (exact) mass is 270 g/mol. The second-order valence-corrected chi connectivity index (χ2v) is 6.46. The lowest BCUT2D eigenvalue weighted by Gasteiger charge is -2.01. The Morgan fingerprint density at radius 3 is 2.88 bits per heavy atom. The smallest absolute Gasteiger partial charge is 0.209 e. The van der Waals surface area contributed by atoms with Crippen molar-refractivity contribution in [2.24, 2.45) is 0 Å². The SMILES string of the molecule is CS(=O)(=O)NCc1ccc2nc(C=O)sc2c1. The molecule has 2 rings (SSSR count). The highest BCUT2D eigenvalue weighted by Gasteiger charge is 2.05. The van der Waals surface area contributed by atoms with Gasteiger partial charge in [-0.2, -0.15) is 0 Å². The maximum Gasteiger partial charge on any atom is 0.209 e. The number of benzene rings is 1. The van der Waals surface area contributed by atoms with Crippen molar-refractivity contribution < 1.29 is 13.2 Å². The van der Waals surface area contributed by atoms with Gasteiger partial charge < -0.3 is 0 Å². The summed E-state index contributed by atoms with van der Waals surface area (Å²) in [5.41, 5.74) is 1.59. The first-order valence-electron chi connectivity index (χ1n) is 4.77. The second-order valence-electron chi connectivity index (χ2n) is 3.57. The summed E-state index contributed by atoms with van der Waals surface area (Å²) in [6.45, 7) is 0.239. The van der Waals surface area contributed by atoms with Crippen LogP contribution in [0.1, 0.15) is 15.4 Å². The predicted octanol–water partition coefficient (Wildman–Crippen LogP) is 1.16. The standard InChI is InChI=1S/C10H10N2O3S2/c1-17(14,15)11-5-7-2-3-8-9(4-7)16-10(6-13)12-8/h2-4,6,11H,5H2,1H3. The molecule has 0 spiro atoms. The minimum atomic E-state index is -3.19. The highest BCUT2D eigenvalue weighted by molar-refractivity contribution is 7.88. The Morgan fingerprint density at radius 1 is 1.47 bits per heavy atom. The van der Waals surface area contributed by atoms with Crippen LogP contribution < -0.4 is 4.72 Å². The zero-order valence-electron chi connectivity index (χ0n) is 9.00. The van der Waals surface area contributed by atoms with Gasteiger partial charge in [0.1, 0.15) is 0 Å². The van der Waals surface area contributed by atoms with Crippen molar-refractivity contribution >= 4 is 37.9 Å². The average molecular weight is 270 g/mol. The minimum absolute atomic E-state index is 0.239. The molecule has 7 heteroatoms. The number of rotatable bonds is 4. The van der Waals surface area contributed by atoms with Crippen molar-refractivity contribution in [3.8, 4) is 0 Å². The van der Waals surface area contributed by atoms with Crippen LogP contribution in [0, 0.1) is 0 Å². The van der Waals surface area contributed by atoms with E-state index in [2.05, 4.69) is 9.71 Å². The van der Waals surface area contributed by atoms with Gasteiger partial charge in [-0.3, -0.25) is 4.79 Å². The Labute approximate surface area is 103 Å². The highest BCUT2D eigenvalue weighted by atomic mass is 32.2. The van der Waals surface area contributed by atoms with Gasteiger partial charge in [-0.05, 0) is 17.7 Å². The van der Waals surface area contributed by atoms with Gasteiger partial charge in [-0.25, -0.2) is 18.1 Å². The van der Waals surface area contributed by atoms with Crippen molar-refractivity contribution in [2.75, 3.05) is 6.26 Å². The number of aldehydes is 1. The summed E-state index contributed by atoms with van der Waals surface area (Å²) in [6.07, 6.45) is 1.82. The van der Waals surface area contributed by atoms with Gasteiger partial charge in [0.25, 0.3) is 0 Å². The summed E-state index contributed by atoms with van der Waals surface area (Å²) in [4.78, 5) is 14.7. The molecule has 0 amide bonds. The number of hydrogen-bond donors (Lipinski definition) is 1. The van der Waals surface area contributed by atoms with Gasteiger partial charge in [0.05, 0.1) is 16.5 Å². The Balaban J connectivity index is 2.28. The molecule has 0 bridgehead atoms. The maximum atomic E-state index is 11.0. The summed E-state index contributed by atoms with van der Waals surface area (Å²) < 4.78 is 25.2. The number of aromatic nitrogens is 1. The third-order valence-electron chi connectivity index (χ3n) is 2.11. The number of sulfonamides is 1. The quantitative estimate of drug-likeness (QED) is 0.846. The lowest BCUT2D eigenvalue weighted by atomic mass is 10.2. The van der Waals surface area contributed by atoms with Crippen LogP contribution in [0.5, 0.6) is 0 Å². The normalized spacial score (nSPS) is 11.8. The van der Waals surface area contributed by atoms with E-state index in [1.807, 2.05) is 6.07 Å². The Bertz CT molecular complexity index is 661. The van der Waals surface area contributed by atoms with Crippen molar-refractivity contribution in [1.29, 1.82) is 0 Å². The van der Waals surface area contributed by atoms with Gasteiger partial charge >= 0.3 is 0 Å². The number of thiazole rings is 1. The highest BCUT2D eigenvalue weighted by Crippen LogP contribution is 2.22. The summed E-state index contributed by atoms with van der Waals surface area (Å²) in [6, 6.07) is 5.39. The first-order chi connectivity index (χ1) is 7.98. The summed E-state index contributed by atoms with van der Waals surface area (Å²) in [5.74, 6) is 0. The van der Waals surface area contributed by atoms with E-state index in [4.69, 9.17) is 0 Å². The first kappa shape index (κ1) is 12.2. The fourth-order valence-corrected chi connectivity index (χ4v) is 2.64. The summed E-state index contributed by atoms with van der Waals surface area (Å²) >= 11 is 1.29.